The predicted molar refractivity (Wildman–Crippen MR) is 138 cm³/mol. The van der Waals surface area contributed by atoms with Crippen LogP contribution in [-0.2, 0) is 17.6 Å². The largest absolute Gasteiger partial charge is 0.507 e. The molecule has 36 heavy (non-hydrogen) atoms. The molecule has 1 heterocycles. The SMILES string of the molecule is CCCCc1cc(C(=O)NC2C(=O)N(C)C(=O)N(c3ccc(OC)cc3)C2N)cc(CCCC)c1O. The number of urea groups is 1. The number of anilines is 1. The van der Waals surface area contributed by atoms with E-state index in [0.717, 1.165) is 30.6 Å². The maximum absolute atomic E-state index is 13.3. The summed E-state index contributed by atoms with van der Waals surface area (Å²) in [5.41, 5.74) is 8.62. The van der Waals surface area contributed by atoms with Gasteiger partial charge in [-0.2, -0.15) is 0 Å². The fourth-order valence-electron chi connectivity index (χ4n) is 4.29. The molecule has 4 N–H and O–H groups in total. The molecule has 0 aliphatic carbocycles. The van der Waals surface area contributed by atoms with Crippen LogP contribution in [0, 0.1) is 0 Å². The molecule has 1 fully saturated rings. The molecule has 2 aromatic carbocycles. The number of phenols is 1. The summed E-state index contributed by atoms with van der Waals surface area (Å²) in [7, 11) is 2.90. The molecule has 0 bridgehead atoms. The summed E-state index contributed by atoms with van der Waals surface area (Å²) in [4.78, 5) is 41.5. The minimum Gasteiger partial charge on any atom is -0.507 e. The van der Waals surface area contributed by atoms with Crippen molar-refractivity contribution in [1.82, 2.24) is 10.2 Å². The smallest absolute Gasteiger partial charge is 0.332 e. The molecule has 4 amide bonds. The van der Waals surface area contributed by atoms with E-state index < -0.39 is 30.1 Å². The number of methoxy groups -OCH3 is 1. The Morgan fingerprint density at radius 2 is 1.61 bits per heavy atom. The first-order valence-electron chi connectivity index (χ1n) is 12.4. The molecule has 2 aromatic rings. The Labute approximate surface area is 212 Å². The maximum atomic E-state index is 13.3. The number of benzene rings is 2. The number of aromatic hydroxyl groups is 1. The van der Waals surface area contributed by atoms with E-state index in [2.05, 4.69) is 19.2 Å². The van der Waals surface area contributed by atoms with Crippen LogP contribution in [0.3, 0.4) is 0 Å². The van der Waals surface area contributed by atoms with Crippen molar-refractivity contribution in [2.24, 2.45) is 5.73 Å². The fourth-order valence-corrected chi connectivity index (χ4v) is 4.29. The number of likely N-dealkylation sites (N-methyl/N-ethyl adjacent to an activating group) is 1. The molecule has 2 atom stereocenters. The van der Waals surface area contributed by atoms with Crippen molar-refractivity contribution in [2.75, 3.05) is 19.1 Å². The molecule has 0 spiro atoms. The lowest BCUT2D eigenvalue weighted by Gasteiger charge is -2.41. The third kappa shape index (κ3) is 5.62. The van der Waals surface area contributed by atoms with E-state index in [9.17, 15) is 19.5 Å². The van der Waals surface area contributed by atoms with E-state index >= 15 is 0 Å². The number of hydrogen-bond acceptors (Lipinski definition) is 6. The number of hydrogen-bond donors (Lipinski definition) is 3. The van der Waals surface area contributed by atoms with Gasteiger partial charge in [0.2, 0.25) is 0 Å². The Hall–Kier alpha value is -3.59. The highest BCUT2D eigenvalue weighted by atomic mass is 16.5. The highest BCUT2D eigenvalue weighted by Crippen LogP contribution is 2.29. The molecule has 1 aliphatic rings. The number of ether oxygens (including phenoxy) is 1. The van der Waals surface area contributed by atoms with Crippen LogP contribution in [0.25, 0.3) is 0 Å². The zero-order valence-corrected chi connectivity index (χ0v) is 21.4. The summed E-state index contributed by atoms with van der Waals surface area (Å²) >= 11 is 0. The Balaban J connectivity index is 1.90. The third-order valence-electron chi connectivity index (χ3n) is 6.50. The first-order valence-corrected chi connectivity index (χ1v) is 12.4. The first kappa shape index (κ1) is 27.0. The minimum absolute atomic E-state index is 0.231. The number of rotatable bonds is 10. The van der Waals surface area contributed by atoms with Crippen molar-refractivity contribution < 1.29 is 24.2 Å². The molecule has 0 aromatic heterocycles. The summed E-state index contributed by atoms with van der Waals surface area (Å²) in [6, 6.07) is 8.30. The van der Waals surface area contributed by atoms with E-state index in [0.29, 0.717) is 41.0 Å². The van der Waals surface area contributed by atoms with Crippen LogP contribution in [-0.4, -0.2) is 54.2 Å². The van der Waals surface area contributed by atoms with Crippen LogP contribution >= 0.6 is 0 Å². The lowest BCUT2D eigenvalue weighted by molar-refractivity contribution is -0.130. The molecule has 9 heteroatoms. The number of carbonyl (C=O) groups is 3. The summed E-state index contributed by atoms with van der Waals surface area (Å²) in [6.07, 6.45) is 3.83. The van der Waals surface area contributed by atoms with Gasteiger partial charge in [0.25, 0.3) is 11.8 Å². The lowest BCUT2D eigenvalue weighted by atomic mass is 9.96. The lowest BCUT2D eigenvalue weighted by Crippen LogP contribution is -2.71. The Bertz CT molecular complexity index is 1070. The van der Waals surface area contributed by atoms with Gasteiger partial charge in [-0.05, 0) is 73.2 Å². The molecule has 2 unspecified atom stereocenters. The zero-order chi connectivity index (χ0) is 26.4. The Morgan fingerprint density at radius 1 is 1.06 bits per heavy atom. The molecule has 1 saturated heterocycles. The van der Waals surface area contributed by atoms with Crippen molar-refractivity contribution in [2.45, 2.75) is 64.6 Å². The van der Waals surface area contributed by atoms with Gasteiger partial charge in [-0.15, -0.1) is 0 Å². The fraction of sp³-hybridized carbons (Fsp3) is 0.444. The number of carbonyl (C=O) groups excluding carboxylic acids is 3. The molecule has 1 aliphatic heterocycles. The van der Waals surface area contributed by atoms with E-state index in [1.807, 2.05) is 0 Å². The van der Waals surface area contributed by atoms with Gasteiger partial charge in [0.15, 0.2) is 0 Å². The van der Waals surface area contributed by atoms with Gasteiger partial charge in [0.1, 0.15) is 23.7 Å². The monoisotopic (exact) mass is 496 g/mol. The highest BCUT2D eigenvalue weighted by Gasteiger charge is 2.44. The first-order chi connectivity index (χ1) is 17.2. The number of aryl methyl sites for hydroxylation is 2. The minimum atomic E-state index is -1.16. The van der Waals surface area contributed by atoms with Gasteiger partial charge in [0, 0.05) is 18.3 Å². The zero-order valence-electron chi connectivity index (χ0n) is 21.4. The normalized spacial score (nSPS) is 17.9. The number of nitrogens with zero attached hydrogens (tertiary/aromatic N) is 2. The maximum Gasteiger partial charge on any atom is 0.332 e. The second kappa shape index (κ2) is 11.9. The van der Waals surface area contributed by atoms with Gasteiger partial charge in [0.05, 0.1) is 7.11 Å². The van der Waals surface area contributed by atoms with Crippen LogP contribution in [0.1, 0.15) is 61.0 Å². The average Bonchev–Trinajstić information content (AvgIpc) is 2.89. The number of imide groups is 1. The van der Waals surface area contributed by atoms with Crippen molar-refractivity contribution in [3.8, 4) is 11.5 Å². The molecular weight excluding hydrogens is 460 g/mol. The van der Waals surface area contributed by atoms with Crippen molar-refractivity contribution in [1.29, 1.82) is 0 Å². The second-order valence-electron chi connectivity index (χ2n) is 9.04. The van der Waals surface area contributed by atoms with Crippen molar-refractivity contribution >= 4 is 23.5 Å². The molecule has 3 rings (SSSR count). The summed E-state index contributed by atoms with van der Waals surface area (Å²) in [5.74, 6) is -0.246. The number of nitrogens with one attached hydrogen (secondary N) is 1. The quantitative estimate of drug-likeness (QED) is 0.462. The highest BCUT2D eigenvalue weighted by molar-refractivity contribution is 6.10. The van der Waals surface area contributed by atoms with Gasteiger partial charge in [-0.1, -0.05) is 26.7 Å². The van der Waals surface area contributed by atoms with Crippen LogP contribution in [0.15, 0.2) is 36.4 Å². The summed E-state index contributed by atoms with van der Waals surface area (Å²) in [5, 5.41) is 13.5. The number of amides is 4. The van der Waals surface area contributed by atoms with Crippen LogP contribution in [0.2, 0.25) is 0 Å². The standard InChI is InChI=1S/C27H36N4O5/c1-5-7-9-17-15-19(16-18(23(17)32)10-8-6-2)25(33)29-22-24(28)31(27(35)30(3)26(22)34)20-11-13-21(36-4)14-12-20/h11-16,22,24,32H,5-10,28H2,1-4H3,(H,29,33). The molecule has 194 valence electrons. The molecule has 9 nitrogen and oxygen atoms in total. The van der Waals surface area contributed by atoms with Gasteiger partial charge >= 0.3 is 6.03 Å². The van der Waals surface area contributed by atoms with E-state index in [-0.39, 0.29) is 5.75 Å². The van der Waals surface area contributed by atoms with Crippen molar-refractivity contribution in [3.63, 3.8) is 0 Å². The van der Waals surface area contributed by atoms with Crippen LogP contribution in [0.4, 0.5) is 10.5 Å². The molecular formula is C27H36N4O5. The van der Waals surface area contributed by atoms with Gasteiger partial charge < -0.3 is 20.9 Å². The topological polar surface area (TPSA) is 125 Å². The number of phenolic OH excluding ortho intramolecular Hbond substituents is 1. The summed E-state index contributed by atoms with van der Waals surface area (Å²) < 4.78 is 5.17. The van der Waals surface area contributed by atoms with Gasteiger partial charge in [-0.3, -0.25) is 19.4 Å². The van der Waals surface area contributed by atoms with E-state index in [1.54, 1.807) is 36.4 Å². The van der Waals surface area contributed by atoms with Crippen molar-refractivity contribution in [3.05, 3.63) is 53.1 Å². The van der Waals surface area contributed by atoms with E-state index in [4.69, 9.17) is 10.5 Å². The average molecular weight is 497 g/mol. The van der Waals surface area contributed by atoms with Gasteiger partial charge in [-0.25, -0.2) is 4.79 Å². The Morgan fingerprint density at radius 3 is 2.11 bits per heavy atom. The van der Waals surface area contributed by atoms with Crippen LogP contribution < -0.4 is 20.7 Å². The molecule has 0 radical (unpaired) electrons. The third-order valence-corrected chi connectivity index (χ3v) is 6.50. The Kier molecular flexibility index (Phi) is 8.93. The predicted octanol–water partition coefficient (Wildman–Crippen LogP) is 3.57. The van der Waals surface area contributed by atoms with E-state index in [1.165, 1.54) is 19.1 Å². The summed E-state index contributed by atoms with van der Waals surface area (Å²) in [6.45, 7) is 4.13. The number of nitrogens with two attached hydrogens (primary N) is 1. The van der Waals surface area contributed by atoms with Crippen LogP contribution in [0.5, 0.6) is 11.5 Å². The second-order valence-corrected chi connectivity index (χ2v) is 9.04. The number of unbranched alkanes of at least 4 members (excludes halogenated alkanes) is 2. The molecule has 0 saturated carbocycles.